The quantitative estimate of drug-likeness (QED) is 0.937. The maximum absolute atomic E-state index is 12.5. The number of nitrogens with one attached hydrogen (secondary N) is 1. The van der Waals surface area contributed by atoms with Crippen LogP contribution >= 0.6 is 0 Å². The second kappa shape index (κ2) is 6.81. The number of pyridine rings is 1. The Labute approximate surface area is 135 Å². The van der Waals surface area contributed by atoms with Crippen LogP contribution < -0.4 is 10.2 Å². The van der Waals surface area contributed by atoms with E-state index in [4.69, 9.17) is 4.52 Å². The van der Waals surface area contributed by atoms with Crippen LogP contribution in [0.5, 0.6) is 0 Å². The second-order valence-electron chi connectivity index (χ2n) is 5.99. The number of amides is 1. The summed E-state index contributed by atoms with van der Waals surface area (Å²) in [5, 5.41) is 6.94. The van der Waals surface area contributed by atoms with Gasteiger partial charge in [0.2, 0.25) is 5.91 Å². The lowest BCUT2D eigenvalue weighted by Gasteiger charge is -2.32. The number of carbonyl (C=O) groups is 1. The minimum Gasteiger partial charge on any atom is -0.361 e. The molecule has 6 heteroatoms. The van der Waals surface area contributed by atoms with Crippen LogP contribution in [-0.4, -0.2) is 29.1 Å². The van der Waals surface area contributed by atoms with E-state index >= 15 is 0 Å². The Kier molecular flexibility index (Phi) is 4.60. The zero-order valence-corrected chi connectivity index (χ0v) is 13.6. The van der Waals surface area contributed by atoms with Gasteiger partial charge in [-0.1, -0.05) is 11.2 Å². The predicted molar refractivity (Wildman–Crippen MR) is 87.0 cm³/mol. The van der Waals surface area contributed by atoms with E-state index in [1.807, 2.05) is 32.0 Å². The maximum Gasteiger partial charge on any atom is 0.225 e. The summed E-state index contributed by atoms with van der Waals surface area (Å²) in [7, 11) is 0. The number of anilines is 1. The molecule has 1 N–H and O–H groups in total. The predicted octanol–water partition coefficient (Wildman–Crippen LogP) is 2.22. The van der Waals surface area contributed by atoms with Crippen molar-refractivity contribution in [1.29, 1.82) is 0 Å². The van der Waals surface area contributed by atoms with Gasteiger partial charge in [0.05, 0.1) is 11.6 Å². The van der Waals surface area contributed by atoms with Gasteiger partial charge in [-0.2, -0.15) is 0 Å². The van der Waals surface area contributed by atoms with Gasteiger partial charge < -0.3 is 14.7 Å². The molecule has 1 amide bonds. The molecule has 0 bridgehead atoms. The van der Waals surface area contributed by atoms with Crippen molar-refractivity contribution in [3.63, 3.8) is 0 Å². The maximum atomic E-state index is 12.5. The highest BCUT2D eigenvalue weighted by molar-refractivity contribution is 5.79. The zero-order valence-electron chi connectivity index (χ0n) is 13.6. The van der Waals surface area contributed by atoms with E-state index in [1.165, 1.54) is 0 Å². The Bertz CT molecular complexity index is 649. The number of hydrogen-bond acceptors (Lipinski definition) is 5. The van der Waals surface area contributed by atoms with E-state index in [2.05, 4.69) is 20.4 Å². The van der Waals surface area contributed by atoms with Crippen LogP contribution in [0.2, 0.25) is 0 Å². The lowest BCUT2D eigenvalue weighted by molar-refractivity contribution is -0.125. The first-order valence-corrected chi connectivity index (χ1v) is 8.00. The molecule has 0 aromatic carbocycles. The number of hydrogen-bond donors (Lipinski definition) is 1. The van der Waals surface area contributed by atoms with Crippen molar-refractivity contribution in [3.8, 4) is 0 Å². The van der Waals surface area contributed by atoms with Crippen LogP contribution in [0.15, 0.2) is 28.9 Å². The Morgan fingerprint density at radius 3 is 3.00 bits per heavy atom. The second-order valence-corrected chi connectivity index (χ2v) is 5.99. The van der Waals surface area contributed by atoms with Gasteiger partial charge >= 0.3 is 0 Å². The van der Waals surface area contributed by atoms with E-state index in [-0.39, 0.29) is 11.8 Å². The zero-order chi connectivity index (χ0) is 16.2. The van der Waals surface area contributed by atoms with Gasteiger partial charge in [0, 0.05) is 31.4 Å². The molecule has 122 valence electrons. The molecule has 0 radical (unpaired) electrons. The minimum absolute atomic E-state index is 0.00812. The summed E-state index contributed by atoms with van der Waals surface area (Å²) in [5.41, 5.74) is 1.80. The number of nitrogens with zero attached hydrogens (tertiary/aromatic N) is 3. The number of carbonyl (C=O) groups excluding carboxylic acids is 1. The SMILES string of the molecule is Cc1noc(C)c1CNC(=O)[C@H]1CCCN(c2ccccn2)C1. The molecule has 1 atom stereocenters. The first-order chi connectivity index (χ1) is 11.1. The van der Waals surface area contributed by atoms with Crippen LogP contribution in [0.25, 0.3) is 0 Å². The van der Waals surface area contributed by atoms with Crippen molar-refractivity contribution in [2.24, 2.45) is 5.92 Å². The van der Waals surface area contributed by atoms with E-state index in [0.29, 0.717) is 13.1 Å². The molecule has 1 saturated heterocycles. The van der Waals surface area contributed by atoms with E-state index in [9.17, 15) is 4.79 Å². The first kappa shape index (κ1) is 15.5. The number of piperidine rings is 1. The van der Waals surface area contributed by atoms with E-state index < -0.39 is 0 Å². The molecule has 3 heterocycles. The van der Waals surface area contributed by atoms with Gasteiger partial charge in [-0.15, -0.1) is 0 Å². The molecule has 0 aliphatic carbocycles. The number of rotatable bonds is 4. The van der Waals surface area contributed by atoms with Gasteiger partial charge in [-0.05, 0) is 38.8 Å². The normalized spacial score (nSPS) is 18.0. The smallest absolute Gasteiger partial charge is 0.225 e. The van der Waals surface area contributed by atoms with Gasteiger partial charge in [-0.3, -0.25) is 4.79 Å². The fourth-order valence-electron chi connectivity index (χ4n) is 3.01. The lowest BCUT2D eigenvalue weighted by atomic mass is 9.97. The number of aromatic nitrogens is 2. The Morgan fingerprint density at radius 2 is 2.30 bits per heavy atom. The lowest BCUT2D eigenvalue weighted by Crippen LogP contribution is -2.43. The summed E-state index contributed by atoms with van der Waals surface area (Å²) in [6.45, 7) is 5.89. The fourth-order valence-corrected chi connectivity index (χ4v) is 3.01. The summed E-state index contributed by atoms with van der Waals surface area (Å²) in [6, 6.07) is 5.87. The standard InChI is InChI=1S/C17H22N4O2/c1-12-15(13(2)23-20-12)10-19-17(22)14-6-5-9-21(11-14)16-7-3-4-8-18-16/h3-4,7-8,14H,5-6,9-11H2,1-2H3,(H,19,22)/t14-/m0/s1. The third-order valence-electron chi connectivity index (χ3n) is 4.39. The Hall–Kier alpha value is -2.37. The van der Waals surface area contributed by atoms with Crippen LogP contribution in [-0.2, 0) is 11.3 Å². The molecule has 0 unspecified atom stereocenters. The van der Waals surface area contributed by atoms with Crippen molar-refractivity contribution >= 4 is 11.7 Å². The van der Waals surface area contributed by atoms with Crippen LogP contribution in [0.1, 0.15) is 29.9 Å². The molecule has 1 fully saturated rings. The van der Waals surface area contributed by atoms with Gasteiger partial charge in [0.15, 0.2) is 0 Å². The molecular formula is C17H22N4O2. The van der Waals surface area contributed by atoms with Gasteiger partial charge in [0.1, 0.15) is 11.6 Å². The van der Waals surface area contributed by atoms with Crippen molar-refractivity contribution < 1.29 is 9.32 Å². The largest absolute Gasteiger partial charge is 0.361 e. The average molecular weight is 314 g/mol. The molecule has 6 nitrogen and oxygen atoms in total. The molecule has 1 aliphatic rings. The summed E-state index contributed by atoms with van der Waals surface area (Å²) in [6.07, 6.45) is 3.70. The minimum atomic E-state index is -0.00812. The Morgan fingerprint density at radius 1 is 1.43 bits per heavy atom. The van der Waals surface area contributed by atoms with E-state index in [1.54, 1.807) is 6.20 Å². The van der Waals surface area contributed by atoms with Crippen LogP contribution in [0.3, 0.4) is 0 Å². The molecule has 2 aromatic heterocycles. The highest BCUT2D eigenvalue weighted by Crippen LogP contribution is 2.21. The molecule has 3 rings (SSSR count). The third-order valence-corrected chi connectivity index (χ3v) is 4.39. The van der Waals surface area contributed by atoms with Crippen LogP contribution in [0.4, 0.5) is 5.82 Å². The van der Waals surface area contributed by atoms with E-state index in [0.717, 1.165) is 42.2 Å². The molecule has 23 heavy (non-hydrogen) atoms. The summed E-state index contributed by atoms with van der Waals surface area (Å²) in [5.74, 6) is 1.79. The van der Waals surface area contributed by atoms with Crippen LogP contribution in [0, 0.1) is 19.8 Å². The topological polar surface area (TPSA) is 71.3 Å². The summed E-state index contributed by atoms with van der Waals surface area (Å²) >= 11 is 0. The van der Waals surface area contributed by atoms with Crippen molar-refractivity contribution in [1.82, 2.24) is 15.5 Å². The molecule has 0 saturated carbocycles. The first-order valence-electron chi connectivity index (χ1n) is 8.00. The monoisotopic (exact) mass is 314 g/mol. The Balaban J connectivity index is 1.59. The highest BCUT2D eigenvalue weighted by Gasteiger charge is 2.26. The third kappa shape index (κ3) is 3.52. The summed E-state index contributed by atoms with van der Waals surface area (Å²) in [4.78, 5) is 19.0. The molecular weight excluding hydrogens is 292 g/mol. The average Bonchev–Trinajstić information content (AvgIpc) is 2.92. The van der Waals surface area contributed by atoms with Crippen molar-refractivity contribution in [2.45, 2.75) is 33.2 Å². The van der Waals surface area contributed by atoms with Crippen molar-refractivity contribution in [3.05, 3.63) is 41.4 Å². The van der Waals surface area contributed by atoms with Gasteiger partial charge in [0.25, 0.3) is 0 Å². The highest BCUT2D eigenvalue weighted by atomic mass is 16.5. The fraction of sp³-hybridized carbons (Fsp3) is 0.471. The van der Waals surface area contributed by atoms with Gasteiger partial charge in [-0.25, -0.2) is 4.98 Å². The molecule has 1 aliphatic heterocycles. The summed E-state index contributed by atoms with van der Waals surface area (Å²) < 4.78 is 5.13. The van der Waals surface area contributed by atoms with Crippen molar-refractivity contribution in [2.75, 3.05) is 18.0 Å². The molecule has 2 aromatic rings. The number of aryl methyl sites for hydroxylation is 2. The molecule has 0 spiro atoms.